The van der Waals surface area contributed by atoms with Crippen LogP contribution in [0.15, 0.2) is 30.4 Å². The van der Waals surface area contributed by atoms with Crippen LogP contribution < -0.4 is 5.32 Å². The minimum absolute atomic E-state index is 0.0260. The van der Waals surface area contributed by atoms with Gasteiger partial charge in [-0.2, -0.15) is 0 Å². The van der Waals surface area contributed by atoms with Gasteiger partial charge in [-0.05, 0) is 63.1 Å². The number of allylic oxidation sites excluding steroid dienone is 1. The molecule has 0 spiro atoms. The minimum Gasteiger partial charge on any atom is -0.466 e. The molecule has 1 aliphatic heterocycles. The summed E-state index contributed by atoms with van der Waals surface area (Å²) in [6, 6.07) is 5.15. The second-order valence-corrected chi connectivity index (χ2v) is 9.43. The summed E-state index contributed by atoms with van der Waals surface area (Å²) in [6.45, 7) is 8.36. The van der Waals surface area contributed by atoms with Crippen LogP contribution in [0.5, 0.6) is 0 Å². The van der Waals surface area contributed by atoms with E-state index >= 15 is 0 Å². The predicted molar refractivity (Wildman–Crippen MR) is 131 cm³/mol. The Labute approximate surface area is 202 Å². The number of hydrogen-bond acceptors (Lipinski definition) is 5. The number of aliphatic hydroxyl groups is 1. The topological polar surface area (TPSA) is 95.9 Å². The van der Waals surface area contributed by atoms with Gasteiger partial charge in [-0.15, -0.1) is 0 Å². The lowest BCUT2D eigenvalue weighted by Crippen LogP contribution is -2.44. The number of esters is 1. The Hall–Kier alpha value is -2.67. The van der Waals surface area contributed by atoms with Crippen molar-refractivity contribution >= 4 is 23.5 Å². The van der Waals surface area contributed by atoms with Crippen molar-refractivity contribution in [3.63, 3.8) is 0 Å². The molecular weight excluding hydrogens is 432 g/mol. The van der Waals surface area contributed by atoms with Gasteiger partial charge >= 0.3 is 5.97 Å². The monoisotopic (exact) mass is 470 g/mol. The summed E-state index contributed by atoms with van der Waals surface area (Å²) in [7, 11) is 0. The minimum atomic E-state index is -0.716. The normalized spacial score (nSPS) is 25.9. The molecule has 7 nitrogen and oxygen atoms in total. The third-order valence-electron chi connectivity index (χ3n) is 7.02. The highest BCUT2D eigenvalue weighted by Crippen LogP contribution is 2.46. The Morgan fingerprint density at radius 3 is 2.59 bits per heavy atom. The van der Waals surface area contributed by atoms with Crippen molar-refractivity contribution in [3.8, 4) is 0 Å². The molecule has 1 fully saturated rings. The first-order valence-electron chi connectivity index (χ1n) is 12.5. The van der Waals surface area contributed by atoms with E-state index in [-0.39, 0.29) is 36.9 Å². The van der Waals surface area contributed by atoms with E-state index in [9.17, 15) is 19.5 Å². The molecule has 7 heteroatoms. The molecule has 1 heterocycles. The molecule has 0 radical (unpaired) electrons. The molecule has 0 saturated carbocycles. The van der Waals surface area contributed by atoms with Crippen molar-refractivity contribution in [2.75, 3.05) is 25.1 Å². The van der Waals surface area contributed by atoms with Crippen LogP contribution in [-0.4, -0.2) is 53.6 Å². The van der Waals surface area contributed by atoms with Crippen molar-refractivity contribution in [3.05, 3.63) is 41.5 Å². The van der Waals surface area contributed by atoms with E-state index in [0.717, 1.165) is 29.7 Å². The Balaban J connectivity index is 1.97. The number of rotatable bonds is 10. The lowest BCUT2D eigenvalue weighted by Gasteiger charge is -2.33. The summed E-state index contributed by atoms with van der Waals surface area (Å²) in [5.74, 6) is -2.50. The average Bonchev–Trinajstić information content (AvgIpc) is 3.08. The predicted octanol–water partition coefficient (Wildman–Crippen LogP) is 3.62. The lowest BCUT2D eigenvalue weighted by molar-refractivity contribution is -0.155. The zero-order valence-electron chi connectivity index (χ0n) is 20.8. The van der Waals surface area contributed by atoms with E-state index in [1.165, 1.54) is 0 Å². The number of carbonyl (C=O) groups excluding carboxylic acids is 3. The Bertz CT molecular complexity index is 928. The van der Waals surface area contributed by atoms with E-state index in [0.29, 0.717) is 19.4 Å². The van der Waals surface area contributed by atoms with Gasteiger partial charge in [0.1, 0.15) is 6.04 Å². The standard InChI is InChI=1S/C27H38N2O5/c1-5-9-19-12-13-20-23(22(19)27(33)34-6-2)26(32)29(14-7-8-15-30)24(20)25(31)28-21-16-17(3)10-11-18(21)4/h10-13,16,19-20,22-24,30H,5-9,14-15H2,1-4H3,(H,28,31)/t19-,20+,22-,23-,24+/m1/s1. The van der Waals surface area contributed by atoms with Crippen molar-refractivity contribution in [1.82, 2.24) is 4.90 Å². The van der Waals surface area contributed by atoms with Gasteiger partial charge in [-0.25, -0.2) is 0 Å². The molecule has 1 saturated heterocycles. The van der Waals surface area contributed by atoms with Gasteiger partial charge in [-0.3, -0.25) is 14.4 Å². The van der Waals surface area contributed by atoms with Gasteiger partial charge in [0.2, 0.25) is 11.8 Å². The first kappa shape index (κ1) is 25.9. The molecule has 2 aliphatic rings. The van der Waals surface area contributed by atoms with Crippen LogP contribution in [0.2, 0.25) is 0 Å². The Kier molecular flexibility index (Phi) is 8.89. The first-order valence-corrected chi connectivity index (χ1v) is 12.5. The van der Waals surface area contributed by atoms with Gasteiger partial charge < -0.3 is 20.1 Å². The third kappa shape index (κ3) is 5.35. The third-order valence-corrected chi connectivity index (χ3v) is 7.02. The molecule has 3 rings (SSSR count). The summed E-state index contributed by atoms with van der Waals surface area (Å²) in [5, 5.41) is 12.3. The van der Waals surface area contributed by atoms with Crippen LogP contribution in [0.3, 0.4) is 0 Å². The molecule has 0 bridgehead atoms. The molecule has 0 aromatic heterocycles. The SMILES string of the molecule is CCC[C@@H]1C=C[C@H]2[C@@H](C(=O)N(CCCCO)[C@@H]2C(=O)Nc2cc(C)ccc2C)[C@@H]1C(=O)OCC. The van der Waals surface area contributed by atoms with Crippen molar-refractivity contribution in [1.29, 1.82) is 0 Å². The van der Waals surface area contributed by atoms with E-state index in [1.54, 1.807) is 11.8 Å². The zero-order chi connectivity index (χ0) is 24.8. The van der Waals surface area contributed by atoms with Gasteiger partial charge in [-0.1, -0.05) is 37.6 Å². The quantitative estimate of drug-likeness (QED) is 0.309. The number of anilines is 1. The Morgan fingerprint density at radius 1 is 1.15 bits per heavy atom. The average molecular weight is 471 g/mol. The van der Waals surface area contributed by atoms with E-state index in [4.69, 9.17) is 4.74 Å². The molecule has 186 valence electrons. The number of benzene rings is 1. The first-order chi connectivity index (χ1) is 16.3. The van der Waals surface area contributed by atoms with Crippen molar-refractivity contribution in [2.45, 2.75) is 59.4 Å². The summed E-state index contributed by atoms with van der Waals surface area (Å²) in [4.78, 5) is 42.0. The fraction of sp³-hybridized carbons (Fsp3) is 0.593. The van der Waals surface area contributed by atoms with Crippen LogP contribution in [0.25, 0.3) is 0 Å². The van der Waals surface area contributed by atoms with Gasteiger partial charge in [0.05, 0.1) is 18.4 Å². The maximum Gasteiger partial charge on any atom is 0.310 e. The fourth-order valence-electron chi connectivity index (χ4n) is 5.38. The number of fused-ring (bicyclic) bond motifs is 1. The molecule has 1 aliphatic carbocycles. The van der Waals surface area contributed by atoms with Gasteiger partial charge in [0.25, 0.3) is 0 Å². The van der Waals surface area contributed by atoms with Crippen LogP contribution >= 0.6 is 0 Å². The lowest BCUT2D eigenvalue weighted by atomic mass is 9.69. The maximum absolute atomic E-state index is 13.7. The number of hydrogen-bond donors (Lipinski definition) is 2. The summed E-state index contributed by atoms with van der Waals surface area (Å²) >= 11 is 0. The number of aliphatic hydroxyl groups excluding tert-OH is 1. The van der Waals surface area contributed by atoms with Gasteiger partial charge in [0.15, 0.2) is 0 Å². The highest BCUT2D eigenvalue weighted by Gasteiger charge is 2.57. The number of nitrogens with one attached hydrogen (secondary N) is 1. The number of likely N-dealkylation sites (tertiary alicyclic amines) is 1. The number of ether oxygens (including phenoxy) is 1. The van der Waals surface area contributed by atoms with E-state index in [1.807, 2.05) is 44.2 Å². The summed E-state index contributed by atoms with van der Waals surface area (Å²) in [5.41, 5.74) is 2.70. The Morgan fingerprint density at radius 2 is 1.91 bits per heavy atom. The molecular formula is C27H38N2O5. The van der Waals surface area contributed by atoms with Crippen molar-refractivity contribution < 1.29 is 24.2 Å². The number of nitrogens with zero attached hydrogens (tertiary/aromatic N) is 1. The number of carbonyl (C=O) groups is 3. The zero-order valence-corrected chi connectivity index (χ0v) is 20.8. The number of amides is 2. The smallest absolute Gasteiger partial charge is 0.310 e. The summed E-state index contributed by atoms with van der Waals surface area (Å²) in [6.07, 6.45) is 6.77. The number of aryl methyl sites for hydroxylation is 2. The molecule has 1 aromatic rings. The molecule has 2 N–H and O–H groups in total. The molecule has 1 aromatic carbocycles. The van der Waals surface area contributed by atoms with Crippen LogP contribution in [-0.2, 0) is 19.1 Å². The maximum atomic E-state index is 13.7. The highest BCUT2D eigenvalue weighted by atomic mass is 16.5. The molecule has 34 heavy (non-hydrogen) atoms. The second kappa shape index (κ2) is 11.6. The molecule has 2 amide bonds. The van der Waals surface area contributed by atoms with Crippen LogP contribution in [0, 0.1) is 37.5 Å². The number of unbranched alkanes of at least 4 members (excludes halogenated alkanes) is 1. The largest absolute Gasteiger partial charge is 0.466 e. The fourth-order valence-corrected chi connectivity index (χ4v) is 5.38. The van der Waals surface area contributed by atoms with E-state index in [2.05, 4.69) is 12.2 Å². The van der Waals surface area contributed by atoms with Crippen molar-refractivity contribution in [2.24, 2.45) is 23.7 Å². The van der Waals surface area contributed by atoms with E-state index < -0.39 is 23.8 Å². The van der Waals surface area contributed by atoms with Crippen LogP contribution in [0.4, 0.5) is 5.69 Å². The molecule has 0 unspecified atom stereocenters. The van der Waals surface area contributed by atoms with Gasteiger partial charge in [0, 0.05) is 24.8 Å². The summed E-state index contributed by atoms with van der Waals surface area (Å²) < 4.78 is 5.39. The molecule has 5 atom stereocenters. The second-order valence-electron chi connectivity index (χ2n) is 9.43. The van der Waals surface area contributed by atoms with Crippen LogP contribution in [0.1, 0.15) is 50.7 Å². The highest BCUT2D eigenvalue weighted by molar-refractivity contribution is 6.02.